The van der Waals surface area contributed by atoms with Crippen molar-refractivity contribution in [2.24, 2.45) is 0 Å². The molecule has 2 rings (SSSR count). The lowest BCUT2D eigenvalue weighted by atomic mass is 10.2. The number of allylic oxidation sites excluding steroid dienone is 38. The van der Waals surface area contributed by atoms with Crippen molar-refractivity contribution in [3.05, 3.63) is 231 Å². The third-order valence-electron chi connectivity index (χ3n) is 12.6. The van der Waals surface area contributed by atoms with E-state index in [0.717, 1.165) is 128 Å². The first kappa shape index (κ1) is 103. The Bertz CT molecular complexity index is 2090. The van der Waals surface area contributed by atoms with Gasteiger partial charge >= 0.3 is 23.9 Å². The van der Waals surface area contributed by atoms with Crippen LogP contribution in [-0.2, 0) is 19.2 Å². The highest BCUT2D eigenvalue weighted by Gasteiger charge is 2.00. The fourth-order valence-corrected chi connectivity index (χ4v) is 6.85. The van der Waals surface area contributed by atoms with Crippen molar-refractivity contribution in [2.75, 3.05) is 52.4 Å². The molecule has 0 aromatic carbocycles. The van der Waals surface area contributed by atoms with Crippen molar-refractivity contribution >= 4 is 23.9 Å². The maximum Gasteiger partial charge on any atom is 0.303 e. The van der Waals surface area contributed by atoms with Crippen molar-refractivity contribution in [2.45, 2.75) is 230 Å². The fraction of sp³-hybridized carbons (Fsp3) is 0.506. The molecule has 0 atom stereocenters. The van der Waals surface area contributed by atoms with E-state index in [2.05, 4.69) is 224 Å². The molecular formula is C85H146N4O8+4. The van der Waals surface area contributed by atoms with Gasteiger partial charge in [0, 0.05) is 25.7 Å². The number of carboxylic acids is 4. The minimum Gasteiger partial charge on any atom is -0.481 e. The first-order valence-corrected chi connectivity index (χ1v) is 36.6. The van der Waals surface area contributed by atoms with Crippen molar-refractivity contribution in [3.8, 4) is 0 Å². The molecule has 2 saturated heterocycles. The Kier molecular flexibility index (Phi) is 114. The van der Waals surface area contributed by atoms with Gasteiger partial charge in [0.25, 0.3) is 0 Å². The molecule has 12 N–H and O–H groups in total. The number of unbranched alkanes of at least 4 members (excludes halogenated alkanes) is 2. The second-order valence-corrected chi connectivity index (χ2v) is 21.5. The summed E-state index contributed by atoms with van der Waals surface area (Å²) in [6.07, 6.45) is 102. The minimum atomic E-state index is -0.745. The predicted molar refractivity (Wildman–Crippen MR) is 423 cm³/mol. The Balaban J connectivity index is -0.000000206. The number of hydrogen-bond acceptors (Lipinski definition) is 4. The predicted octanol–water partition coefficient (Wildman–Crippen LogP) is 18.0. The summed E-state index contributed by atoms with van der Waals surface area (Å²) in [5.74, 6) is -2.92. The number of quaternary nitrogens is 4. The average Bonchev–Trinajstić information content (AvgIpc) is 3.65. The molecule has 0 radical (unpaired) electrons. The summed E-state index contributed by atoms with van der Waals surface area (Å²) in [6, 6.07) is 0. The molecule has 0 aliphatic carbocycles. The summed E-state index contributed by atoms with van der Waals surface area (Å²) in [7, 11) is 0. The van der Waals surface area contributed by atoms with Gasteiger partial charge in [0.2, 0.25) is 0 Å². The van der Waals surface area contributed by atoms with E-state index in [9.17, 15) is 19.2 Å². The zero-order valence-electron chi connectivity index (χ0n) is 63.0. The van der Waals surface area contributed by atoms with E-state index in [1.54, 1.807) is 6.92 Å². The molecule has 12 heteroatoms. The number of piperazine rings is 2. The largest absolute Gasteiger partial charge is 0.481 e. The summed E-state index contributed by atoms with van der Waals surface area (Å²) >= 11 is 0. The van der Waals surface area contributed by atoms with Crippen LogP contribution in [-0.4, -0.2) is 96.7 Å². The van der Waals surface area contributed by atoms with E-state index in [0.29, 0.717) is 6.42 Å². The van der Waals surface area contributed by atoms with Crippen LogP contribution < -0.4 is 21.3 Å². The molecule has 97 heavy (non-hydrogen) atoms. The SMILES string of the molecule is C/C=C\C.C/C=C\C.C/C=C\C.C1C[NH2+]CC[NH2+]1.C1C[NH2+]CC[NH2+]1.CC/C=C\C/C=C\C/C=C\C/C=C\C/C=C\C/C=C\CCC(=O)O.CC/C=C\C/C=C\C/C=C\C/C=C\C/C=C\CCCC(=O)O.CC/C=C\C/C=C\C/C=C\C/C=C\C/C=C\CCCC(=O)O.CCC(=O)O. The number of carbonyl (C=O) groups is 4. The Morgan fingerprint density at radius 3 is 0.526 bits per heavy atom. The minimum absolute atomic E-state index is 0.210. The molecule has 0 aromatic rings. The third-order valence-corrected chi connectivity index (χ3v) is 12.6. The molecule has 12 nitrogen and oxygen atoms in total. The lowest BCUT2D eigenvalue weighted by Gasteiger charge is -2.04. The summed E-state index contributed by atoms with van der Waals surface area (Å²) in [6.45, 7) is 30.6. The second-order valence-electron chi connectivity index (χ2n) is 21.5. The molecule has 0 bridgehead atoms. The van der Waals surface area contributed by atoms with Crippen molar-refractivity contribution in [3.63, 3.8) is 0 Å². The van der Waals surface area contributed by atoms with Crippen LogP contribution in [0.15, 0.2) is 231 Å². The van der Waals surface area contributed by atoms with E-state index in [1.165, 1.54) is 52.4 Å². The van der Waals surface area contributed by atoms with Gasteiger partial charge in [-0.15, -0.1) is 0 Å². The van der Waals surface area contributed by atoms with Crippen LogP contribution >= 0.6 is 0 Å². The Hall–Kier alpha value is -7.22. The van der Waals surface area contributed by atoms with Crippen LogP contribution in [0.2, 0.25) is 0 Å². The van der Waals surface area contributed by atoms with Gasteiger partial charge in [-0.1, -0.05) is 259 Å². The van der Waals surface area contributed by atoms with Gasteiger partial charge in [-0.05, 0) is 176 Å². The maximum atomic E-state index is 10.3. The first-order chi connectivity index (χ1) is 47.3. The molecule has 0 aromatic heterocycles. The lowest BCUT2D eigenvalue weighted by Crippen LogP contribution is -3.04. The standard InChI is InChI=1S/C22H32O2.2C20H30O2.2C4H10N2.3C4H8.C3H6O2/c1-2-3-4-5-6-7-8-9-10-11-12-13-14-15-16-17-18-19-20-21-22(23)24;2*1-2-3-4-5-6-7-8-9-10-11-12-13-14-15-16-17-18-19-20(21)22;2*1-2-6-4-3-5-1;3*1-3-4-2;1-2-3(4)5/h3-4,6-7,9-10,12-13,15-16,18-19H,2,5,8,11,14,17,20-21H2,1H3,(H,23,24);2*3-4,6-7,9-10,12-13,15-16H,2,5,8,11,14,17-19H2,1H3,(H,21,22);2*5-6H,1-4H2;3*3-4H,1-2H3;2H2,1H3,(H,4,5)/p+4/b4-3-,7-6-,10-9-,13-12-,16-15-,19-18-;2*4-3-,7-6-,10-9-,13-12-,16-15-;;;3*4-3-;. The van der Waals surface area contributed by atoms with Gasteiger partial charge < -0.3 is 41.7 Å². The monoisotopic (exact) mass is 1350 g/mol. The summed E-state index contributed by atoms with van der Waals surface area (Å²) in [4.78, 5) is 40.3. The summed E-state index contributed by atoms with van der Waals surface area (Å²) < 4.78 is 0. The lowest BCUT2D eigenvalue weighted by molar-refractivity contribution is -0.787. The second kappa shape index (κ2) is 107. The summed E-state index contributed by atoms with van der Waals surface area (Å²) in [5, 5.41) is 42.6. The highest BCUT2D eigenvalue weighted by atomic mass is 16.4. The van der Waals surface area contributed by atoms with Crippen LogP contribution in [0.25, 0.3) is 0 Å². The quantitative estimate of drug-likeness (QED) is 0.0217. The number of hydrogen-bond donors (Lipinski definition) is 8. The van der Waals surface area contributed by atoms with E-state index in [4.69, 9.17) is 20.4 Å². The highest BCUT2D eigenvalue weighted by Crippen LogP contribution is 2.02. The van der Waals surface area contributed by atoms with Crippen LogP contribution in [0.4, 0.5) is 0 Å². The number of rotatable bonds is 41. The van der Waals surface area contributed by atoms with E-state index >= 15 is 0 Å². The molecule has 550 valence electrons. The molecule has 2 aliphatic rings. The number of aliphatic carboxylic acids is 4. The van der Waals surface area contributed by atoms with Crippen LogP contribution in [0.5, 0.6) is 0 Å². The van der Waals surface area contributed by atoms with Crippen LogP contribution in [0.1, 0.15) is 230 Å². The number of nitrogens with two attached hydrogens (primary N) is 4. The number of carboxylic acid groups (broad SMARTS) is 4. The highest BCUT2D eigenvalue weighted by molar-refractivity contribution is 5.67. The van der Waals surface area contributed by atoms with Crippen molar-refractivity contribution < 1.29 is 60.9 Å². The molecule has 2 aliphatic heterocycles. The van der Waals surface area contributed by atoms with Gasteiger partial charge in [-0.25, -0.2) is 0 Å². The molecule has 0 spiro atoms. The van der Waals surface area contributed by atoms with E-state index in [1.807, 2.05) is 90.2 Å². The molecule has 2 heterocycles. The normalized spacial score (nSPS) is 13.5. The molecule has 0 saturated carbocycles. The first-order valence-electron chi connectivity index (χ1n) is 36.6. The van der Waals surface area contributed by atoms with Crippen LogP contribution in [0, 0.1) is 0 Å². The van der Waals surface area contributed by atoms with Gasteiger partial charge in [0.1, 0.15) is 52.4 Å². The zero-order chi connectivity index (χ0) is 73.3. The van der Waals surface area contributed by atoms with Crippen molar-refractivity contribution in [1.82, 2.24) is 0 Å². The Morgan fingerprint density at radius 2 is 0.392 bits per heavy atom. The third kappa shape index (κ3) is 141. The Morgan fingerprint density at radius 1 is 0.237 bits per heavy atom. The maximum absolute atomic E-state index is 10.3. The molecule has 2 fully saturated rings. The van der Waals surface area contributed by atoms with Gasteiger partial charge in [-0.2, -0.15) is 0 Å². The van der Waals surface area contributed by atoms with Gasteiger partial charge in [-0.3, -0.25) is 19.2 Å². The average molecular weight is 1350 g/mol. The Labute approximate surface area is 594 Å². The summed E-state index contributed by atoms with van der Waals surface area (Å²) in [5.41, 5.74) is 0. The zero-order valence-corrected chi connectivity index (χ0v) is 63.0. The van der Waals surface area contributed by atoms with Crippen LogP contribution in [0.3, 0.4) is 0 Å². The van der Waals surface area contributed by atoms with Gasteiger partial charge in [0.05, 0.1) is 0 Å². The fourth-order valence-electron chi connectivity index (χ4n) is 6.85. The van der Waals surface area contributed by atoms with E-state index in [-0.39, 0.29) is 25.7 Å². The molecular weight excluding hydrogens is 1200 g/mol. The molecule has 0 unspecified atom stereocenters. The van der Waals surface area contributed by atoms with Crippen molar-refractivity contribution in [1.29, 1.82) is 0 Å². The van der Waals surface area contributed by atoms with Gasteiger partial charge in [0.15, 0.2) is 0 Å². The smallest absolute Gasteiger partial charge is 0.303 e. The molecule has 0 amide bonds. The topological polar surface area (TPSA) is 216 Å². The van der Waals surface area contributed by atoms with E-state index < -0.39 is 23.9 Å².